The quantitative estimate of drug-likeness (QED) is 0.765. The van der Waals surface area contributed by atoms with E-state index in [0.717, 1.165) is 30.4 Å². The summed E-state index contributed by atoms with van der Waals surface area (Å²) in [5, 5.41) is 3.07. The zero-order valence-electron chi connectivity index (χ0n) is 15.8. The minimum absolute atomic E-state index is 0.0279. The number of amides is 1. The van der Waals surface area contributed by atoms with Gasteiger partial charge in [0.2, 0.25) is 15.9 Å². The Morgan fingerprint density at radius 2 is 1.67 bits per heavy atom. The predicted molar refractivity (Wildman–Crippen MR) is 108 cm³/mol. The van der Waals surface area contributed by atoms with Crippen LogP contribution in [-0.4, -0.2) is 20.1 Å². The molecule has 0 unspecified atom stereocenters. The number of carbonyl (C=O) groups excluding carboxylic acids is 1. The van der Waals surface area contributed by atoms with Crippen molar-refractivity contribution in [2.45, 2.75) is 45.1 Å². The molecule has 2 N–H and O–H groups in total. The summed E-state index contributed by atoms with van der Waals surface area (Å²) >= 11 is 0. The van der Waals surface area contributed by atoms with Crippen LogP contribution in [0.15, 0.2) is 48.5 Å². The van der Waals surface area contributed by atoms with E-state index in [1.54, 1.807) is 19.1 Å². The van der Waals surface area contributed by atoms with Gasteiger partial charge < -0.3 is 5.32 Å². The highest BCUT2D eigenvalue weighted by atomic mass is 32.2. The average Bonchev–Trinajstić information content (AvgIpc) is 2.61. The van der Waals surface area contributed by atoms with Gasteiger partial charge in [0.05, 0.1) is 11.2 Å². The molecule has 1 aliphatic rings. The third-order valence-corrected chi connectivity index (χ3v) is 6.61. The standard InChI is InChI=1S/C21H26N2O3S/c1-3-27(25,26)23-19-11-9-18(10-12-19)21(13-4-14-21)20(24)22-15-17-7-5-16(2)6-8-17/h5-12,23H,3-4,13-15H2,1-2H3,(H,22,24). The van der Waals surface area contributed by atoms with Crippen LogP contribution in [0.3, 0.4) is 0 Å². The molecule has 0 saturated heterocycles. The van der Waals surface area contributed by atoms with Gasteiger partial charge in [0.1, 0.15) is 0 Å². The number of anilines is 1. The first-order chi connectivity index (χ1) is 12.8. The number of hydrogen-bond acceptors (Lipinski definition) is 3. The largest absolute Gasteiger partial charge is 0.351 e. The van der Waals surface area contributed by atoms with Crippen LogP contribution in [0, 0.1) is 6.92 Å². The van der Waals surface area contributed by atoms with E-state index in [1.807, 2.05) is 43.3 Å². The van der Waals surface area contributed by atoms with Crippen LogP contribution in [0.4, 0.5) is 5.69 Å². The summed E-state index contributed by atoms with van der Waals surface area (Å²) in [6.07, 6.45) is 2.64. The lowest BCUT2D eigenvalue weighted by Crippen LogP contribution is -2.49. The SMILES string of the molecule is CCS(=O)(=O)Nc1ccc(C2(C(=O)NCc3ccc(C)cc3)CCC2)cc1. The number of carbonyl (C=O) groups is 1. The molecule has 0 bridgehead atoms. The monoisotopic (exact) mass is 386 g/mol. The van der Waals surface area contributed by atoms with Crippen LogP contribution in [-0.2, 0) is 26.8 Å². The van der Waals surface area contributed by atoms with E-state index in [0.29, 0.717) is 12.2 Å². The molecular formula is C21H26N2O3S. The maximum atomic E-state index is 12.9. The molecule has 0 aliphatic heterocycles. The molecule has 6 heteroatoms. The zero-order chi connectivity index (χ0) is 19.5. The van der Waals surface area contributed by atoms with Crippen molar-refractivity contribution in [3.05, 3.63) is 65.2 Å². The van der Waals surface area contributed by atoms with Gasteiger partial charge in [-0.25, -0.2) is 8.42 Å². The lowest BCUT2D eigenvalue weighted by atomic mass is 9.63. The van der Waals surface area contributed by atoms with Gasteiger partial charge in [-0.05, 0) is 49.9 Å². The summed E-state index contributed by atoms with van der Waals surface area (Å²) in [4.78, 5) is 12.9. The molecule has 1 aliphatic carbocycles. The van der Waals surface area contributed by atoms with Gasteiger partial charge in [-0.2, -0.15) is 0 Å². The minimum Gasteiger partial charge on any atom is -0.351 e. The van der Waals surface area contributed by atoms with E-state index < -0.39 is 15.4 Å². The number of nitrogens with one attached hydrogen (secondary N) is 2. The summed E-state index contributed by atoms with van der Waals surface area (Å²) in [6, 6.07) is 15.3. The highest BCUT2D eigenvalue weighted by Gasteiger charge is 2.45. The topological polar surface area (TPSA) is 75.3 Å². The van der Waals surface area contributed by atoms with Crippen LogP contribution in [0.25, 0.3) is 0 Å². The summed E-state index contributed by atoms with van der Waals surface area (Å²) < 4.78 is 25.9. The maximum absolute atomic E-state index is 12.9. The van der Waals surface area contributed by atoms with Crippen molar-refractivity contribution < 1.29 is 13.2 Å². The molecule has 0 radical (unpaired) electrons. The molecule has 0 aromatic heterocycles. The number of benzene rings is 2. The fraction of sp³-hybridized carbons (Fsp3) is 0.381. The van der Waals surface area contributed by atoms with Gasteiger partial charge in [-0.3, -0.25) is 9.52 Å². The predicted octanol–water partition coefficient (Wildman–Crippen LogP) is 3.49. The Morgan fingerprint density at radius 3 is 2.19 bits per heavy atom. The highest BCUT2D eigenvalue weighted by molar-refractivity contribution is 7.92. The molecule has 2 aromatic carbocycles. The van der Waals surface area contributed by atoms with Gasteiger partial charge in [0, 0.05) is 12.2 Å². The van der Waals surface area contributed by atoms with E-state index in [1.165, 1.54) is 5.56 Å². The third-order valence-electron chi connectivity index (χ3n) is 5.31. The molecule has 3 rings (SSSR count). The Hall–Kier alpha value is -2.34. The Balaban J connectivity index is 1.70. The van der Waals surface area contributed by atoms with Crippen LogP contribution in [0.1, 0.15) is 42.9 Å². The molecule has 5 nitrogen and oxygen atoms in total. The molecule has 1 saturated carbocycles. The normalized spacial score (nSPS) is 15.6. The Morgan fingerprint density at radius 1 is 1.04 bits per heavy atom. The van der Waals surface area contributed by atoms with Crippen molar-refractivity contribution in [3.63, 3.8) is 0 Å². The van der Waals surface area contributed by atoms with E-state index in [9.17, 15) is 13.2 Å². The van der Waals surface area contributed by atoms with Crippen molar-refractivity contribution >= 4 is 21.6 Å². The van der Waals surface area contributed by atoms with Crippen LogP contribution in [0.5, 0.6) is 0 Å². The molecule has 0 atom stereocenters. The van der Waals surface area contributed by atoms with Gasteiger partial charge in [0.15, 0.2) is 0 Å². The third kappa shape index (κ3) is 4.33. The molecule has 144 valence electrons. The van der Waals surface area contributed by atoms with Crippen molar-refractivity contribution in [2.24, 2.45) is 0 Å². The van der Waals surface area contributed by atoms with Crippen LogP contribution >= 0.6 is 0 Å². The first-order valence-electron chi connectivity index (χ1n) is 9.29. The first kappa shape index (κ1) is 19.4. The molecule has 1 fully saturated rings. The summed E-state index contributed by atoms with van der Waals surface area (Å²) in [7, 11) is -3.30. The second-order valence-electron chi connectivity index (χ2n) is 7.19. The number of rotatable bonds is 7. The molecule has 0 spiro atoms. The van der Waals surface area contributed by atoms with Gasteiger partial charge >= 0.3 is 0 Å². The molecule has 27 heavy (non-hydrogen) atoms. The fourth-order valence-corrected chi connectivity index (χ4v) is 3.98. The zero-order valence-corrected chi connectivity index (χ0v) is 16.6. The van der Waals surface area contributed by atoms with Crippen molar-refractivity contribution in [2.75, 3.05) is 10.5 Å². The van der Waals surface area contributed by atoms with E-state index in [4.69, 9.17) is 0 Å². The second kappa shape index (κ2) is 7.72. The lowest BCUT2D eigenvalue weighted by molar-refractivity contribution is -0.130. The Kier molecular flexibility index (Phi) is 5.56. The minimum atomic E-state index is -3.30. The lowest BCUT2D eigenvalue weighted by Gasteiger charge is -2.40. The highest BCUT2D eigenvalue weighted by Crippen LogP contribution is 2.44. The maximum Gasteiger partial charge on any atom is 0.232 e. The molecule has 1 amide bonds. The fourth-order valence-electron chi connectivity index (χ4n) is 3.34. The Labute approximate surface area is 161 Å². The van der Waals surface area contributed by atoms with Crippen molar-refractivity contribution in [1.82, 2.24) is 5.32 Å². The number of aryl methyl sites for hydroxylation is 1. The van der Waals surface area contributed by atoms with Gasteiger partial charge in [0.25, 0.3) is 0 Å². The van der Waals surface area contributed by atoms with E-state index in [2.05, 4.69) is 10.0 Å². The second-order valence-corrected chi connectivity index (χ2v) is 9.20. The molecule has 2 aromatic rings. The number of hydrogen-bond donors (Lipinski definition) is 2. The Bertz CT molecular complexity index is 899. The van der Waals surface area contributed by atoms with Crippen LogP contribution in [0.2, 0.25) is 0 Å². The van der Waals surface area contributed by atoms with E-state index >= 15 is 0 Å². The van der Waals surface area contributed by atoms with Crippen LogP contribution < -0.4 is 10.0 Å². The first-order valence-corrected chi connectivity index (χ1v) is 10.9. The van der Waals surface area contributed by atoms with E-state index in [-0.39, 0.29) is 11.7 Å². The van der Waals surface area contributed by atoms with Gasteiger partial charge in [-0.15, -0.1) is 0 Å². The van der Waals surface area contributed by atoms with Crippen molar-refractivity contribution in [3.8, 4) is 0 Å². The molecule has 0 heterocycles. The summed E-state index contributed by atoms with van der Waals surface area (Å²) in [6.45, 7) is 4.14. The molecular weight excluding hydrogens is 360 g/mol. The number of sulfonamides is 1. The smallest absolute Gasteiger partial charge is 0.232 e. The summed E-state index contributed by atoms with van der Waals surface area (Å²) in [5.74, 6) is 0.0660. The van der Waals surface area contributed by atoms with Gasteiger partial charge in [-0.1, -0.05) is 48.4 Å². The average molecular weight is 387 g/mol. The summed E-state index contributed by atoms with van der Waals surface area (Å²) in [5.41, 5.74) is 3.23. The van der Waals surface area contributed by atoms with Crippen molar-refractivity contribution in [1.29, 1.82) is 0 Å².